The van der Waals surface area contributed by atoms with Crippen molar-refractivity contribution in [2.24, 2.45) is 0 Å². The van der Waals surface area contributed by atoms with E-state index in [1.165, 1.54) is 11.3 Å². The fourth-order valence-electron chi connectivity index (χ4n) is 0.712. The summed E-state index contributed by atoms with van der Waals surface area (Å²) in [6.45, 7) is 2.77. The van der Waals surface area contributed by atoms with E-state index in [1.54, 1.807) is 13.8 Å². The van der Waals surface area contributed by atoms with Gasteiger partial charge in [-0.15, -0.1) is 10.2 Å². The second-order valence-electron chi connectivity index (χ2n) is 2.66. The van der Waals surface area contributed by atoms with Crippen LogP contribution in [0.1, 0.15) is 21.7 Å². The van der Waals surface area contributed by atoms with Crippen molar-refractivity contribution in [1.82, 2.24) is 15.5 Å². The first-order chi connectivity index (χ1) is 6.13. The van der Waals surface area contributed by atoms with Crippen LogP contribution in [0.4, 0.5) is 4.39 Å². The SMILES string of the molecule is Cc1nnc(C(=O)N[C@@H](C)CF)s1. The minimum absolute atomic E-state index is 0.276. The molecule has 1 atom stereocenters. The largest absolute Gasteiger partial charge is 0.345 e. The number of nitrogens with one attached hydrogen (secondary N) is 1. The van der Waals surface area contributed by atoms with Crippen molar-refractivity contribution >= 4 is 17.2 Å². The predicted molar refractivity (Wildman–Crippen MR) is 47.5 cm³/mol. The van der Waals surface area contributed by atoms with Gasteiger partial charge in [-0.25, -0.2) is 4.39 Å². The lowest BCUT2D eigenvalue weighted by molar-refractivity contribution is 0.0933. The van der Waals surface area contributed by atoms with Gasteiger partial charge in [0, 0.05) is 0 Å². The highest BCUT2D eigenvalue weighted by atomic mass is 32.1. The number of amides is 1. The van der Waals surface area contributed by atoms with Gasteiger partial charge in [-0.05, 0) is 13.8 Å². The van der Waals surface area contributed by atoms with Gasteiger partial charge in [0.2, 0.25) is 5.01 Å². The third kappa shape index (κ3) is 2.73. The van der Waals surface area contributed by atoms with Crippen molar-refractivity contribution < 1.29 is 9.18 Å². The molecule has 4 nitrogen and oxygen atoms in total. The average Bonchev–Trinajstić information content (AvgIpc) is 2.51. The van der Waals surface area contributed by atoms with E-state index in [2.05, 4.69) is 15.5 Å². The Morgan fingerprint density at radius 3 is 2.85 bits per heavy atom. The quantitative estimate of drug-likeness (QED) is 0.795. The summed E-state index contributed by atoms with van der Waals surface area (Å²) in [4.78, 5) is 11.3. The number of nitrogens with zero attached hydrogens (tertiary/aromatic N) is 2. The molecular weight excluding hydrogens is 193 g/mol. The Labute approximate surface area is 79.2 Å². The molecule has 0 spiro atoms. The number of halogens is 1. The summed E-state index contributed by atoms with van der Waals surface area (Å²) in [5, 5.41) is 10.8. The summed E-state index contributed by atoms with van der Waals surface area (Å²) in [5.74, 6) is -0.365. The smallest absolute Gasteiger partial charge is 0.282 e. The van der Waals surface area contributed by atoms with Crippen molar-refractivity contribution in [3.8, 4) is 0 Å². The highest BCUT2D eigenvalue weighted by Crippen LogP contribution is 2.07. The maximum absolute atomic E-state index is 12.0. The first-order valence-electron chi connectivity index (χ1n) is 3.80. The molecule has 1 amide bonds. The van der Waals surface area contributed by atoms with Gasteiger partial charge in [0.05, 0.1) is 6.04 Å². The van der Waals surface area contributed by atoms with Crippen LogP contribution in [0.3, 0.4) is 0 Å². The molecule has 0 aliphatic rings. The molecule has 0 aromatic carbocycles. The van der Waals surface area contributed by atoms with Crippen molar-refractivity contribution in [3.05, 3.63) is 10.0 Å². The summed E-state index contributed by atoms with van der Waals surface area (Å²) in [6, 6.07) is -0.475. The molecule has 0 fully saturated rings. The van der Waals surface area contributed by atoms with E-state index in [1.807, 2.05) is 0 Å². The van der Waals surface area contributed by atoms with Crippen LogP contribution < -0.4 is 5.32 Å². The molecule has 1 aromatic rings. The molecule has 0 unspecified atom stereocenters. The molecule has 0 aliphatic carbocycles. The Morgan fingerprint density at radius 1 is 1.69 bits per heavy atom. The normalized spacial score (nSPS) is 12.5. The second kappa shape index (κ2) is 4.27. The molecule has 1 N–H and O–H groups in total. The van der Waals surface area contributed by atoms with Crippen LogP contribution in [0.5, 0.6) is 0 Å². The van der Waals surface area contributed by atoms with E-state index in [0.717, 1.165) is 5.01 Å². The van der Waals surface area contributed by atoms with Crippen LogP contribution in [0.2, 0.25) is 0 Å². The third-order valence-corrected chi connectivity index (χ3v) is 2.17. The molecule has 6 heteroatoms. The van der Waals surface area contributed by atoms with Crippen LogP contribution >= 0.6 is 11.3 Å². The van der Waals surface area contributed by atoms with Gasteiger partial charge in [0.15, 0.2) is 0 Å². The van der Waals surface area contributed by atoms with Crippen molar-refractivity contribution in [2.45, 2.75) is 19.9 Å². The molecule has 1 heterocycles. The van der Waals surface area contributed by atoms with E-state index < -0.39 is 12.7 Å². The number of aryl methyl sites for hydroxylation is 1. The number of aromatic nitrogens is 2. The summed E-state index contributed by atoms with van der Waals surface area (Å²) in [7, 11) is 0. The molecule has 0 saturated heterocycles. The molecule has 0 radical (unpaired) electrons. The maximum atomic E-state index is 12.0. The fraction of sp³-hybridized carbons (Fsp3) is 0.571. The van der Waals surface area contributed by atoms with Crippen molar-refractivity contribution in [3.63, 3.8) is 0 Å². The minimum Gasteiger partial charge on any atom is -0.345 e. The van der Waals surface area contributed by atoms with Crippen molar-refractivity contribution in [2.75, 3.05) is 6.67 Å². The highest BCUT2D eigenvalue weighted by molar-refractivity contribution is 7.13. The molecule has 0 bridgehead atoms. The molecule has 1 rings (SSSR count). The number of carbonyl (C=O) groups is 1. The van der Waals surface area contributed by atoms with E-state index in [0.29, 0.717) is 0 Å². The third-order valence-electron chi connectivity index (χ3n) is 1.33. The Bertz CT molecular complexity index is 302. The molecule has 0 saturated carbocycles. The maximum Gasteiger partial charge on any atom is 0.282 e. The molecule has 1 aromatic heterocycles. The van der Waals surface area contributed by atoms with Gasteiger partial charge in [-0.1, -0.05) is 11.3 Å². The van der Waals surface area contributed by atoms with E-state index in [4.69, 9.17) is 0 Å². The second-order valence-corrected chi connectivity index (χ2v) is 3.84. The van der Waals surface area contributed by atoms with Gasteiger partial charge in [-0.2, -0.15) is 0 Å². The topological polar surface area (TPSA) is 54.9 Å². The lowest BCUT2D eigenvalue weighted by Gasteiger charge is -2.06. The zero-order chi connectivity index (χ0) is 9.84. The average molecular weight is 203 g/mol. The Balaban J connectivity index is 2.58. The molecule has 13 heavy (non-hydrogen) atoms. The number of hydrogen-bond acceptors (Lipinski definition) is 4. The standard InChI is InChI=1S/C7H10FN3OS/c1-4(3-8)9-6(12)7-11-10-5(2)13-7/h4H,3H2,1-2H3,(H,9,12)/t4-/m0/s1. The van der Waals surface area contributed by atoms with Crippen LogP contribution in [-0.2, 0) is 0 Å². The molecule has 0 aliphatic heterocycles. The Kier molecular flexibility index (Phi) is 3.30. The van der Waals surface area contributed by atoms with Gasteiger partial charge >= 0.3 is 0 Å². The number of carbonyl (C=O) groups excluding carboxylic acids is 1. The summed E-state index contributed by atoms with van der Waals surface area (Å²) >= 11 is 1.19. The fourth-order valence-corrected chi connectivity index (χ4v) is 1.31. The van der Waals surface area contributed by atoms with Crippen LogP contribution in [0, 0.1) is 6.92 Å². The lowest BCUT2D eigenvalue weighted by Crippen LogP contribution is -2.33. The van der Waals surface area contributed by atoms with E-state index in [9.17, 15) is 9.18 Å². The van der Waals surface area contributed by atoms with Crippen LogP contribution in [-0.4, -0.2) is 28.8 Å². The first-order valence-corrected chi connectivity index (χ1v) is 4.62. The number of alkyl halides is 1. The highest BCUT2D eigenvalue weighted by Gasteiger charge is 2.13. The Morgan fingerprint density at radius 2 is 2.38 bits per heavy atom. The van der Waals surface area contributed by atoms with Crippen LogP contribution in [0.25, 0.3) is 0 Å². The molecule has 72 valence electrons. The molecular formula is C7H10FN3OS. The summed E-state index contributed by atoms with van der Waals surface area (Å²) in [5.41, 5.74) is 0. The number of hydrogen-bond donors (Lipinski definition) is 1. The Hall–Kier alpha value is -1.04. The summed E-state index contributed by atoms with van der Waals surface area (Å²) in [6.07, 6.45) is 0. The lowest BCUT2D eigenvalue weighted by atomic mass is 10.4. The summed E-state index contributed by atoms with van der Waals surface area (Å²) < 4.78 is 12.0. The minimum atomic E-state index is -0.580. The van der Waals surface area contributed by atoms with Crippen LogP contribution in [0.15, 0.2) is 0 Å². The van der Waals surface area contributed by atoms with Crippen molar-refractivity contribution in [1.29, 1.82) is 0 Å². The van der Waals surface area contributed by atoms with Gasteiger partial charge in [0.25, 0.3) is 5.91 Å². The first kappa shape index (κ1) is 10.0. The zero-order valence-electron chi connectivity index (χ0n) is 7.37. The predicted octanol–water partition coefficient (Wildman–Crippen LogP) is 0.934. The van der Waals surface area contributed by atoms with Gasteiger partial charge in [0.1, 0.15) is 11.7 Å². The monoisotopic (exact) mass is 203 g/mol. The zero-order valence-corrected chi connectivity index (χ0v) is 8.19. The van der Waals surface area contributed by atoms with E-state index >= 15 is 0 Å². The van der Waals surface area contributed by atoms with E-state index in [-0.39, 0.29) is 10.9 Å². The van der Waals surface area contributed by atoms with Gasteiger partial charge in [-0.3, -0.25) is 4.79 Å². The number of rotatable bonds is 3. The van der Waals surface area contributed by atoms with Gasteiger partial charge < -0.3 is 5.32 Å².